The normalized spacial score (nSPS) is 16.1. The van der Waals surface area contributed by atoms with Gasteiger partial charge < -0.3 is 15.7 Å². The Morgan fingerprint density at radius 2 is 2.05 bits per heavy atom. The molecule has 0 aliphatic heterocycles. The Hall–Kier alpha value is -1.55. The minimum absolute atomic E-state index is 0.135. The van der Waals surface area contributed by atoms with E-state index in [1.165, 1.54) is 0 Å². The average molecular weight is 262 g/mol. The van der Waals surface area contributed by atoms with E-state index in [9.17, 15) is 9.90 Å². The predicted octanol–water partition coefficient (Wildman–Crippen LogP) is 2.10. The lowest BCUT2D eigenvalue weighted by molar-refractivity contribution is -0.121. The maximum absolute atomic E-state index is 11.6. The van der Waals surface area contributed by atoms with E-state index < -0.39 is 0 Å². The van der Waals surface area contributed by atoms with Gasteiger partial charge in [-0.1, -0.05) is 19.1 Å². The zero-order chi connectivity index (χ0) is 13.7. The lowest BCUT2D eigenvalue weighted by Gasteiger charge is -2.17. The molecule has 19 heavy (non-hydrogen) atoms. The number of carbonyl (C=O) groups excluding carboxylic acids is 1. The first kappa shape index (κ1) is 13.9. The molecular weight excluding hydrogens is 240 g/mol. The highest BCUT2D eigenvalue weighted by molar-refractivity contribution is 5.76. The Morgan fingerprint density at radius 1 is 1.37 bits per heavy atom. The number of hydrogen-bond donors (Lipinski definition) is 3. The standard InChI is InChI=1S/C15H22N2O2/c1-2-14(11-3-7-13(18)8-4-11)16-10-9-15(19)17-12-5-6-12/h3-4,7-8,12,14,16,18H,2,5-6,9-10H2,1H3,(H,17,19). The highest BCUT2D eigenvalue weighted by Crippen LogP contribution is 2.20. The van der Waals surface area contributed by atoms with Crippen LogP contribution in [0.1, 0.15) is 44.2 Å². The quantitative estimate of drug-likeness (QED) is 0.705. The van der Waals surface area contributed by atoms with Crippen molar-refractivity contribution < 1.29 is 9.90 Å². The van der Waals surface area contributed by atoms with Crippen LogP contribution in [0.15, 0.2) is 24.3 Å². The van der Waals surface area contributed by atoms with Crippen LogP contribution < -0.4 is 10.6 Å². The van der Waals surface area contributed by atoms with Gasteiger partial charge in [0.1, 0.15) is 5.75 Å². The molecule has 1 aromatic carbocycles. The summed E-state index contributed by atoms with van der Waals surface area (Å²) in [5.41, 5.74) is 1.14. The van der Waals surface area contributed by atoms with Gasteiger partial charge in [0.15, 0.2) is 0 Å². The molecule has 3 N–H and O–H groups in total. The van der Waals surface area contributed by atoms with Crippen LogP contribution in [0.2, 0.25) is 0 Å². The van der Waals surface area contributed by atoms with Crippen LogP contribution in [-0.2, 0) is 4.79 Å². The van der Waals surface area contributed by atoms with Crippen molar-refractivity contribution in [1.82, 2.24) is 10.6 Å². The van der Waals surface area contributed by atoms with Gasteiger partial charge in [-0.25, -0.2) is 0 Å². The monoisotopic (exact) mass is 262 g/mol. The van der Waals surface area contributed by atoms with Crippen LogP contribution in [0.3, 0.4) is 0 Å². The van der Waals surface area contributed by atoms with Crippen LogP contribution in [0, 0.1) is 0 Å². The van der Waals surface area contributed by atoms with Gasteiger partial charge in [-0.2, -0.15) is 0 Å². The first-order chi connectivity index (χ1) is 9.19. The van der Waals surface area contributed by atoms with E-state index >= 15 is 0 Å². The van der Waals surface area contributed by atoms with E-state index in [2.05, 4.69) is 17.6 Å². The van der Waals surface area contributed by atoms with Gasteiger partial charge in [0.25, 0.3) is 0 Å². The van der Waals surface area contributed by atoms with Gasteiger partial charge in [0, 0.05) is 25.0 Å². The van der Waals surface area contributed by atoms with E-state index in [0.29, 0.717) is 19.0 Å². The molecule has 0 heterocycles. The molecular formula is C15H22N2O2. The average Bonchev–Trinajstić information content (AvgIpc) is 3.20. The summed E-state index contributed by atoms with van der Waals surface area (Å²) in [5, 5.41) is 15.6. The van der Waals surface area contributed by atoms with E-state index in [-0.39, 0.29) is 17.7 Å². The van der Waals surface area contributed by atoms with Gasteiger partial charge in [0.05, 0.1) is 0 Å². The first-order valence-electron chi connectivity index (χ1n) is 7.00. The van der Waals surface area contributed by atoms with Crippen molar-refractivity contribution in [2.24, 2.45) is 0 Å². The van der Waals surface area contributed by atoms with Crippen molar-refractivity contribution in [2.75, 3.05) is 6.54 Å². The number of phenolic OH excluding ortho intramolecular Hbond substituents is 1. The van der Waals surface area contributed by atoms with Gasteiger partial charge in [-0.3, -0.25) is 4.79 Å². The molecule has 1 amide bonds. The van der Waals surface area contributed by atoms with E-state index in [4.69, 9.17) is 0 Å². The second-order valence-electron chi connectivity index (χ2n) is 5.10. The molecule has 1 aliphatic rings. The Kier molecular flexibility index (Phi) is 4.80. The topological polar surface area (TPSA) is 61.4 Å². The maximum atomic E-state index is 11.6. The number of nitrogens with one attached hydrogen (secondary N) is 2. The minimum Gasteiger partial charge on any atom is -0.508 e. The SMILES string of the molecule is CCC(NCCC(=O)NC1CC1)c1ccc(O)cc1. The zero-order valence-electron chi connectivity index (χ0n) is 11.4. The van der Waals surface area contributed by atoms with Crippen molar-refractivity contribution in [1.29, 1.82) is 0 Å². The van der Waals surface area contributed by atoms with Crippen molar-refractivity contribution in [3.05, 3.63) is 29.8 Å². The summed E-state index contributed by atoms with van der Waals surface area (Å²) in [5.74, 6) is 0.415. The van der Waals surface area contributed by atoms with Crippen LogP contribution in [0.4, 0.5) is 0 Å². The second-order valence-corrected chi connectivity index (χ2v) is 5.10. The number of benzene rings is 1. The molecule has 0 saturated heterocycles. The van der Waals surface area contributed by atoms with Crippen molar-refractivity contribution >= 4 is 5.91 Å². The Morgan fingerprint density at radius 3 is 2.63 bits per heavy atom. The van der Waals surface area contributed by atoms with Gasteiger partial charge in [0.2, 0.25) is 5.91 Å². The number of hydrogen-bond acceptors (Lipinski definition) is 3. The van der Waals surface area contributed by atoms with Crippen molar-refractivity contribution in [3.63, 3.8) is 0 Å². The first-order valence-corrected chi connectivity index (χ1v) is 7.00. The number of carbonyl (C=O) groups is 1. The lowest BCUT2D eigenvalue weighted by atomic mass is 10.0. The third kappa shape index (κ3) is 4.56. The highest BCUT2D eigenvalue weighted by Gasteiger charge is 2.22. The summed E-state index contributed by atoms with van der Waals surface area (Å²) in [6, 6.07) is 7.89. The van der Waals surface area contributed by atoms with Crippen LogP contribution in [0.25, 0.3) is 0 Å². The second kappa shape index (κ2) is 6.57. The molecule has 1 saturated carbocycles. The molecule has 0 spiro atoms. The molecule has 1 fully saturated rings. The highest BCUT2D eigenvalue weighted by atomic mass is 16.3. The molecule has 0 aromatic heterocycles. The van der Waals surface area contributed by atoms with E-state index in [1.807, 2.05) is 12.1 Å². The summed E-state index contributed by atoms with van der Waals surface area (Å²) in [7, 11) is 0. The van der Waals surface area contributed by atoms with Gasteiger partial charge in [-0.15, -0.1) is 0 Å². The summed E-state index contributed by atoms with van der Waals surface area (Å²) >= 11 is 0. The summed E-state index contributed by atoms with van der Waals surface area (Å²) in [4.78, 5) is 11.6. The molecule has 4 heteroatoms. The van der Waals surface area contributed by atoms with Crippen LogP contribution in [0.5, 0.6) is 5.75 Å². The Balaban J connectivity index is 1.75. The molecule has 4 nitrogen and oxygen atoms in total. The molecule has 1 unspecified atom stereocenters. The van der Waals surface area contributed by atoms with Crippen LogP contribution >= 0.6 is 0 Å². The molecule has 0 bridgehead atoms. The fourth-order valence-corrected chi connectivity index (χ4v) is 2.09. The fourth-order valence-electron chi connectivity index (χ4n) is 2.09. The zero-order valence-corrected chi connectivity index (χ0v) is 11.4. The Labute approximate surface area is 114 Å². The number of rotatable bonds is 7. The lowest BCUT2D eigenvalue weighted by Crippen LogP contribution is -2.30. The van der Waals surface area contributed by atoms with Crippen LogP contribution in [-0.4, -0.2) is 23.6 Å². The molecule has 1 aromatic rings. The Bertz CT molecular complexity index is 413. The molecule has 2 rings (SSSR count). The maximum Gasteiger partial charge on any atom is 0.221 e. The third-order valence-corrected chi connectivity index (χ3v) is 3.39. The smallest absolute Gasteiger partial charge is 0.221 e. The van der Waals surface area contributed by atoms with E-state index in [1.54, 1.807) is 12.1 Å². The minimum atomic E-state index is 0.135. The largest absolute Gasteiger partial charge is 0.508 e. The fraction of sp³-hybridized carbons (Fsp3) is 0.533. The molecule has 1 aliphatic carbocycles. The summed E-state index contributed by atoms with van der Waals surface area (Å²) in [6.45, 7) is 2.78. The number of aromatic hydroxyl groups is 1. The molecule has 1 atom stereocenters. The van der Waals surface area contributed by atoms with Gasteiger partial charge in [-0.05, 0) is 37.0 Å². The van der Waals surface area contributed by atoms with Crippen molar-refractivity contribution in [2.45, 2.75) is 44.7 Å². The number of phenols is 1. The van der Waals surface area contributed by atoms with Gasteiger partial charge >= 0.3 is 0 Å². The summed E-state index contributed by atoms with van der Waals surface area (Å²) in [6.07, 6.45) is 3.73. The third-order valence-electron chi connectivity index (χ3n) is 3.39. The molecule has 104 valence electrons. The molecule has 0 radical (unpaired) electrons. The van der Waals surface area contributed by atoms with Crippen molar-refractivity contribution in [3.8, 4) is 5.75 Å². The predicted molar refractivity (Wildman–Crippen MR) is 74.9 cm³/mol. The summed E-state index contributed by atoms with van der Waals surface area (Å²) < 4.78 is 0. The van der Waals surface area contributed by atoms with E-state index in [0.717, 1.165) is 24.8 Å². The number of amides is 1.